The van der Waals surface area contributed by atoms with E-state index in [2.05, 4.69) is 0 Å². The molecule has 1 aliphatic heterocycles. The number of carbonyl (C=O) groups excluding carboxylic acids is 1. The number of carbonyl (C=O) groups is 2. The fourth-order valence-corrected chi connectivity index (χ4v) is 4.33. The summed E-state index contributed by atoms with van der Waals surface area (Å²) in [6.45, 7) is 0.441. The second-order valence-electron chi connectivity index (χ2n) is 6.16. The Labute approximate surface area is 142 Å². The van der Waals surface area contributed by atoms with Crippen molar-refractivity contribution in [1.82, 2.24) is 4.90 Å². The molecule has 0 aliphatic carbocycles. The molecule has 132 valence electrons. The predicted octanol–water partition coefficient (Wildman–Crippen LogP) is 1.50. The van der Waals surface area contributed by atoms with Crippen molar-refractivity contribution in [2.45, 2.75) is 38.1 Å². The van der Waals surface area contributed by atoms with Crippen LogP contribution in [0.1, 0.15) is 31.2 Å². The van der Waals surface area contributed by atoms with E-state index in [9.17, 15) is 18.0 Å². The number of amides is 1. The Kier molecular flexibility index (Phi) is 6.36. The van der Waals surface area contributed by atoms with Crippen molar-refractivity contribution in [1.29, 1.82) is 0 Å². The summed E-state index contributed by atoms with van der Waals surface area (Å²) < 4.78 is 24.3. The molecule has 0 spiro atoms. The van der Waals surface area contributed by atoms with E-state index in [1.807, 2.05) is 30.3 Å². The van der Waals surface area contributed by atoms with E-state index in [0.717, 1.165) is 12.0 Å². The number of hydrogen-bond donors (Lipinski definition) is 1. The standard InChI is InChI=1S/C17H23NO5S/c19-16(18-10-4-9-15(18)12-17(20)21)13-24(22,23)11-5-8-14-6-2-1-3-7-14/h1-3,6-7,15H,4-5,8-13H2,(H,20,21). The van der Waals surface area contributed by atoms with Crippen molar-refractivity contribution in [3.8, 4) is 0 Å². The molecule has 1 aromatic carbocycles. The van der Waals surface area contributed by atoms with Crippen molar-refractivity contribution < 1.29 is 23.1 Å². The third-order valence-corrected chi connectivity index (χ3v) is 5.81. The smallest absolute Gasteiger partial charge is 0.305 e. The van der Waals surface area contributed by atoms with Crippen molar-refractivity contribution in [2.75, 3.05) is 18.1 Å². The van der Waals surface area contributed by atoms with Gasteiger partial charge in [0.05, 0.1) is 12.2 Å². The maximum atomic E-state index is 12.2. The van der Waals surface area contributed by atoms with Gasteiger partial charge in [0.2, 0.25) is 5.91 Å². The van der Waals surface area contributed by atoms with Crippen LogP contribution in [0.4, 0.5) is 0 Å². The van der Waals surface area contributed by atoms with Crippen LogP contribution in [0.25, 0.3) is 0 Å². The van der Waals surface area contributed by atoms with E-state index in [0.29, 0.717) is 25.8 Å². The monoisotopic (exact) mass is 353 g/mol. The molecule has 1 aromatic rings. The normalized spacial score (nSPS) is 17.8. The van der Waals surface area contributed by atoms with Gasteiger partial charge in [0.25, 0.3) is 0 Å². The van der Waals surface area contributed by atoms with E-state index in [-0.39, 0.29) is 18.2 Å². The molecular weight excluding hydrogens is 330 g/mol. The molecule has 1 N–H and O–H groups in total. The Morgan fingerprint density at radius 1 is 1.21 bits per heavy atom. The lowest BCUT2D eigenvalue weighted by molar-refractivity contribution is -0.139. The summed E-state index contributed by atoms with van der Waals surface area (Å²) in [6, 6.07) is 9.22. The SMILES string of the molecule is O=C(O)CC1CCCN1C(=O)CS(=O)(=O)CCCc1ccccc1. The van der Waals surface area contributed by atoms with Gasteiger partial charge in [-0.15, -0.1) is 0 Å². The average Bonchev–Trinajstić information content (AvgIpc) is 2.95. The first kappa shape index (κ1) is 18.4. The highest BCUT2D eigenvalue weighted by molar-refractivity contribution is 7.92. The maximum absolute atomic E-state index is 12.2. The molecule has 1 saturated heterocycles. The topological polar surface area (TPSA) is 91.8 Å². The lowest BCUT2D eigenvalue weighted by Crippen LogP contribution is -2.40. The Morgan fingerprint density at radius 3 is 2.58 bits per heavy atom. The summed E-state index contributed by atoms with van der Waals surface area (Å²) >= 11 is 0. The van der Waals surface area contributed by atoms with Gasteiger partial charge in [0.1, 0.15) is 5.75 Å². The predicted molar refractivity (Wildman–Crippen MR) is 90.4 cm³/mol. The van der Waals surface area contributed by atoms with Crippen LogP contribution in [0.2, 0.25) is 0 Å². The van der Waals surface area contributed by atoms with Crippen molar-refractivity contribution >= 4 is 21.7 Å². The van der Waals surface area contributed by atoms with Gasteiger partial charge >= 0.3 is 5.97 Å². The number of sulfone groups is 1. The molecule has 24 heavy (non-hydrogen) atoms. The van der Waals surface area contributed by atoms with Gasteiger partial charge in [-0.3, -0.25) is 9.59 Å². The Balaban J connectivity index is 1.84. The van der Waals surface area contributed by atoms with Gasteiger partial charge in [0.15, 0.2) is 9.84 Å². The van der Waals surface area contributed by atoms with Gasteiger partial charge < -0.3 is 10.0 Å². The zero-order chi connectivity index (χ0) is 17.6. The summed E-state index contributed by atoms with van der Waals surface area (Å²) in [4.78, 5) is 24.5. The minimum atomic E-state index is -3.48. The van der Waals surface area contributed by atoms with Gasteiger partial charge in [0, 0.05) is 12.6 Å². The number of rotatable bonds is 8. The fraction of sp³-hybridized carbons (Fsp3) is 0.529. The first-order valence-electron chi connectivity index (χ1n) is 8.13. The lowest BCUT2D eigenvalue weighted by atomic mass is 10.1. The van der Waals surface area contributed by atoms with Crippen LogP contribution in [0.5, 0.6) is 0 Å². The minimum absolute atomic E-state index is 0.0366. The number of carboxylic acids is 1. The zero-order valence-corrected chi connectivity index (χ0v) is 14.4. The van der Waals surface area contributed by atoms with Crippen molar-refractivity contribution in [3.63, 3.8) is 0 Å². The van der Waals surface area contributed by atoms with Gasteiger partial charge in [-0.05, 0) is 31.2 Å². The molecule has 0 saturated carbocycles. The molecular formula is C17H23NO5S. The van der Waals surface area contributed by atoms with Crippen LogP contribution in [0.15, 0.2) is 30.3 Å². The summed E-state index contributed by atoms with van der Waals surface area (Å²) in [6.07, 6.45) is 2.33. The average molecular weight is 353 g/mol. The van der Waals surface area contributed by atoms with E-state index < -0.39 is 27.5 Å². The molecule has 1 fully saturated rings. The molecule has 7 heteroatoms. The number of nitrogens with zero attached hydrogens (tertiary/aromatic N) is 1. The quantitative estimate of drug-likeness (QED) is 0.765. The highest BCUT2D eigenvalue weighted by atomic mass is 32.2. The molecule has 2 rings (SSSR count). The molecule has 1 atom stereocenters. The third kappa shape index (κ3) is 5.63. The van der Waals surface area contributed by atoms with Crippen LogP contribution >= 0.6 is 0 Å². The first-order chi connectivity index (χ1) is 11.4. The van der Waals surface area contributed by atoms with E-state index in [1.54, 1.807) is 0 Å². The number of hydrogen-bond acceptors (Lipinski definition) is 4. The highest BCUT2D eigenvalue weighted by Crippen LogP contribution is 2.20. The molecule has 0 radical (unpaired) electrons. The van der Waals surface area contributed by atoms with E-state index >= 15 is 0 Å². The van der Waals surface area contributed by atoms with Crippen LogP contribution < -0.4 is 0 Å². The maximum Gasteiger partial charge on any atom is 0.305 e. The van der Waals surface area contributed by atoms with Gasteiger partial charge in [-0.1, -0.05) is 30.3 Å². The number of aryl methyl sites for hydroxylation is 1. The van der Waals surface area contributed by atoms with Crippen LogP contribution in [-0.4, -0.2) is 54.4 Å². The van der Waals surface area contributed by atoms with Crippen molar-refractivity contribution in [3.05, 3.63) is 35.9 Å². The molecule has 0 bridgehead atoms. The van der Waals surface area contributed by atoms with Crippen LogP contribution in [0, 0.1) is 0 Å². The summed E-state index contributed by atoms with van der Waals surface area (Å²) in [5, 5.41) is 8.87. The molecule has 0 aromatic heterocycles. The number of carboxylic acid groups (broad SMARTS) is 1. The largest absolute Gasteiger partial charge is 0.481 e. The number of benzene rings is 1. The number of aliphatic carboxylic acids is 1. The molecule has 1 heterocycles. The highest BCUT2D eigenvalue weighted by Gasteiger charge is 2.32. The van der Waals surface area contributed by atoms with Gasteiger partial charge in [-0.2, -0.15) is 0 Å². The Hall–Kier alpha value is -1.89. The zero-order valence-electron chi connectivity index (χ0n) is 13.6. The van der Waals surface area contributed by atoms with Crippen LogP contribution in [0.3, 0.4) is 0 Å². The summed E-state index contributed by atoms with van der Waals surface area (Å²) in [5.74, 6) is -2.01. The second kappa shape index (κ2) is 8.28. The van der Waals surface area contributed by atoms with Crippen LogP contribution in [-0.2, 0) is 25.8 Å². The molecule has 1 amide bonds. The third-order valence-electron chi connectivity index (χ3n) is 4.21. The molecule has 1 aliphatic rings. The lowest BCUT2D eigenvalue weighted by Gasteiger charge is -2.23. The van der Waals surface area contributed by atoms with E-state index in [1.165, 1.54) is 4.90 Å². The summed E-state index contributed by atoms with van der Waals surface area (Å²) in [7, 11) is -3.48. The first-order valence-corrected chi connectivity index (χ1v) is 9.95. The number of likely N-dealkylation sites (tertiary alicyclic amines) is 1. The van der Waals surface area contributed by atoms with Crippen molar-refractivity contribution in [2.24, 2.45) is 0 Å². The molecule has 6 nitrogen and oxygen atoms in total. The summed E-state index contributed by atoms with van der Waals surface area (Å²) in [5.41, 5.74) is 1.07. The second-order valence-corrected chi connectivity index (χ2v) is 8.35. The van der Waals surface area contributed by atoms with Gasteiger partial charge in [-0.25, -0.2) is 8.42 Å². The Morgan fingerprint density at radius 2 is 1.92 bits per heavy atom. The minimum Gasteiger partial charge on any atom is -0.481 e. The fourth-order valence-electron chi connectivity index (χ4n) is 3.06. The molecule has 1 unspecified atom stereocenters. The Bertz CT molecular complexity index is 671. The van der Waals surface area contributed by atoms with E-state index in [4.69, 9.17) is 5.11 Å².